The summed E-state index contributed by atoms with van der Waals surface area (Å²) < 4.78 is 0. The summed E-state index contributed by atoms with van der Waals surface area (Å²) in [5.74, 6) is 5.17. The molecule has 2 aromatic carbocycles. The van der Waals surface area contributed by atoms with E-state index in [2.05, 4.69) is 11.8 Å². The van der Waals surface area contributed by atoms with E-state index in [0.717, 1.165) is 11.1 Å². The summed E-state index contributed by atoms with van der Waals surface area (Å²) in [6, 6.07) is 14.7. The lowest BCUT2D eigenvalue weighted by Gasteiger charge is -2.26. The van der Waals surface area contributed by atoms with Gasteiger partial charge in [0.05, 0.1) is 12.2 Å². The second kappa shape index (κ2) is 6.37. The highest BCUT2D eigenvalue weighted by molar-refractivity contribution is 6.02. The summed E-state index contributed by atoms with van der Waals surface area (Å²) in [5, 5.41) is 0.557. The van der Waals surface area contributed by atoms with Crippen molar-refractivity contribution < 1.29 is 19.2 Å². The molecule has 0 saturated carbocycles. The summed E-state index contributed by atoms with van der Waals surface area (Å²) in [6.45, 7) is 0.219. The predicted molar refractivity (Wildman–Crippen MR) is 92.6 cm³/mol. The molecule has 6 nitrogen and oxygen atoms in total. The Kier molecular flexibility index (Phi) is 3.90. The fraction of sp³-hybridized carbons (Fsp3) is 0.150. The lowest BCUT2D eigenvalue weighted by molar-refractivity contribution is -0.170. The fourth-order valence-corrected chi connectivity index (χ4v) is 2.93. The second-order valence-electron chi connectivity index (χ2n) is 5.95. The maximum atomic E-state index is 12.8. The third kappa shape index (κ3) is 2.80. The Labute approximate surface area is 149 Å². The molecule has 4 rings (SSSR count). The van der Waals surface area contributed by atoms with Crippen molar-refractivity contribution in [3.05, 3.63) is 65.2 Å². The van der Waals surface area contributed by atoms with E-state index >= 15 is 0 Å². The maximum Gasteiger partial charge on any atom is 0.439 e. The lowest BCUT2D eigenvalue weighted by Crippen LogP contribution is -2.40. The van der Waals surface area contributed by atoms with E-state index in [1.165, 1.54) is 4.90 Å². The Morgan fingerprint density at radius 1 is 0.885 bits per heavy atom. The van der Waals surface area contributed by atoms with Crippen molar-refractivity contribution in [2.75, 3.05) is 4.90 Å². The minimum atomic E-state index is -0.792. The monoisotopic (exact) mass is 346 g/mol. The van der Waals surface area contributed by atoms with Crippen LogP contribution in [-0.4, -0.2) is 23.0 Å². The number of imide groups is 1. The Hall–Kier alpha value is -3.59. The Bertz CT molecular complexity index is 971. The SMILES string of the molecule is O=C1CCC(=O)N1OC(=O)N1Cc2ccccc2C#Cc2ccccc21. The molecule has 2 aliphatic heterocycles. The highest BCUT2D eigenvalue weighted by Crippen LogP contribution is 2.26. The highest BCUT2D eigenvalue weighted by atomic mass is 16.7. The van der Waals surface area contributed by atoms with E-state index in [-0.39, 0.29) is 19.4 Å². The maximum absolute atomic E-state index is 12.8. The Balaban J connectivity index is 1.73. The van der Waals surface area contributed by atoms with Gasteiger partial charge in [0.2, 0.25) is 0 Å². The van der Waals surface area contributed by atoms with Crippen LogP contribution < -0.4 is 4.90 Å². The van der Waals surface area contributed by atoms with Gasteiger partial charge in [-0.15, -0.1) is 5.06 Å². The van der Waals surface area contributed by atoms with Crippen LogP contribution in [0.5, 0.6) is 0 Å². The standard InChI is InChI=1S/C20H14N2O4/c23-18-11-12-19(24)22(18)26-20(25)21-13-16-7-2-1-5-14(16)9-10-15-6-3-4-8-17(15)21/h1-8H,11-13H2. The summed E-state index contributed by atoms with van der Waals surface area (Å²) >= 11 is 0. The van der Waals surface area contributed by atoms with Gasteiger partial charge >= 0.3 is 6.09 Å². The molecule has 2 aromatic rings. The van der Waals surface area contributed by atoms with Gasteiger partial charge in [-0.25, -0.2) is 4.79 Å². The third-order valence-electron chi connectivity index (χ3n) is 4.27. The van der Waals surface area contributed by atoms with Crippen LogP contribution in [0.4, 0.5) is 10.5 Å². The van der Waals surface area contributed by atoms with Crippen molar-refractivity contribution in [2.45, 2.75) is 19.4 Å². The number of amides is 3. The number of hydrogen-bond acceptors (Lipinski definition) is 4. The minimum absolute atomic E-state index is 0.0526. The van der Waals surface area contributed by atoms with Crippen molar-refractivity contribution in [1.82, 2.24) is 5.06 Å². The van der Waals surface area contributed by atoms with Gasteiger partial charge in [0, 0.05) is 24.0 Å². The summed E-state index contributed by atoms with van der Waals surface area (Å²) in [7, 11) is 0. The van der Waals surface area contributed by atoms with Crippen LogP contribution in [-0.2, 0) is 21.0 Å². The topological polar surface area (TPSA) is 66.9 Å². The van der Waals surface area contributed by atoms with Gasteiger partial charge in [0.25, 0.3) is 11.8 Å². The second-order valence-corrected chi connectivity index (χ2v) is 5.95. The van der Waals surface area contributed by atoms with Crippen LogP contribution in [0.2, 0.25) is 0 Å². The molecule has 0 bridgehead atoms. The van der Waals surface area contributed by atoms with E-state index in [1.54, 1.807) is 12.1 Å². The van der Waals surface area contributed by atoms with Crippen LogP contribution >= 0.6 is 0 Å². The van der Waals surface area contributed by atoms with Gasteiger partial charge in [-0.3, -0.25) is 14.5 Å². The van der Waals surface area contributed by atoms with Crippen molar-refractivity contribution in [1.29, 1.82) is 0 Å². The number of hydrogen-bond donors (Lipinski definition) is 0. The zero-order valence-electron chi connectivity index (χ0n) is 13.8. The molecule has 0 radical (unpaired) electrons. The number of carbonyl (C=O) groups is 3. The molecule has 6 heteroatoms. The van der Waals surface area contributed by atoms with Crippen LogP contribution in [0.1, 0.15) is 29.5 Å². The van der Waals surface area contributed by atoms with Crippen molar-refractivity contribution in [3.63, 3.8) is 0 Å². The number of para-hydroxylation sites is 1. The summed E-state index contributed by atoms with van der Waals surface area (Å²) in [5.41, 5.74) is 2.90. The fourth-order valence-electron chi connectivity index (χ4n) is 2.93. The molecule has 2 heterocycles. The van der Waals surface area contributed by atoms with E-state index in [4.69, 9.17) is 4.84 Å². The number of nitrogens with zero attached hydrogens (tertiary/aromatic N) is 2. The molecule has 1 fully saturated rings. The first-order valence-electron chi connectivity index (χ1n) is 8.18. The molecular formula is C20H14N2O4. The average Bonchev–Trinajstić information content (AvgIpc) is 2.95. The molecular weight excluding hydrogens is 332 g/mol. The molecule has 0 N–H and O–H groups in total. The van der Waals surface area contributed by atoms with Gasteiger partial charge in [-0.1, -0.05) is 42.2 Å². The van der Waals surface area contributed by atoms with Gasteiger partial charge in [0.1, 0.15) is 0 Å². The third-order valence-corrected chi connectivity index (χ3v) is 4.27. The molecule has 0 spiro atoms. The first-order valence-corrected chi connectivity index (χ1v) is 8.18. The first-order chi connectivity index (χ1) is 12.6. The van der Waals surface area contributed by atoms with E-state index in [0.29, 0.717) is 16.3 Å². The molecule has 2 aliphatic rings. The van der Waals surface area contributed by atoms with Crippen LogP contribution in [0, 0.1) is 11.8 Å². The summed E-state index contributed by atoms with van der Waals surface area (Å²) in [6.07, 6.45) is -0.687. The normalized spacial score (nSPS) is 15.4. The zero-order chi connectivity index (χ0) is 18.1. The molecule has 1 saturated heterocycles. The molecule has 3 amide bonds. The van der Waals surface area contributed by atoms with Gasteiger partial charge in [-0.2, -0.15) is 0 Å². The number of anilines is 1. The molecule has 0 aromatic heterocycles. The van der Waals surface area contributed by atoms with Gasteiger partial charge < -0.3 is 4.84 Å². The number of carbonyl (C=O) groups excluding carboxylic acids is 3. The van der Waals surface area contributed by atoms with Crippen LogP contribution in [0.25, 0.3) is 0 Å². The van der Waals surface area contributed by atoms with Gasteiger partial charge in [0.15, 0.2) is 0 Å². The van der Waals surface area contributed by atoms with Gasteiger partial charge in [-0.05, 0) is 23.8 Å². The van der Waals surface area contributed by atoms with E-state index in [9.17, 15) is 14.4 Å². The number of fused-ring (bicyclic) bond motifs is 2. The van der Waals surface area contributed by atoms with Crippen LogP contribution in [0.3, 0.4) is 0 Å². The quantitative estimate of drug-likeness (QED) is 0.588. The van der Waals surface area contributed by atoms with E-state index in [1.807, 2.05) is 36.4 Å². The average molecular weight is 346 g/mol. The van der Waals surface area contributed by atoms with Crippen molar-refractivity contribution in [2.24, 2.45) is 0 Å². The molecule has 0 aliphatic carbocycles. The van der Waals surface area contributed by atoms with Crippen molar-refractivity contribution >= 4 is 23.6 Å². The molecule has 26 heavy (non-hydrogen) atoms. The predicted octanol–water partition coefficient (Wildman–Crippen LogP) is 2.61. The highest BCUT2D eigenvalue weighted by Gasteiger charge is 2.35. The zero-order valence-corrected chi connectivity index (χ0v) is 13.8. The number of benzene rings is 2. The Morgan fingerprint density at radius 3 is 2.27 bits per heavy atom. The van der Waals surface area contributed by atoms with E-state index < -0.39 is 17.9 Å². The lowest BCUT2D eigenvalue weighted by atomic mass is 10.0. The smallest absolute Gasteiger partial charge is 0.310 e. The first kappa shape index (κ1) is 15.9. The molecule has 0 unspecified atom stereocenters. The van der Waals surface area contributed by atoms with Crippen LogP contribution in [0.15, 0.2) is 48.5 Å². The number of rotatable bonds is 1. The Morgan fingerprint density at radius 2 is 1.50 bits per heavy atom. The van der Waals surface area contributed by atoms with Crippen molar-refractivity contribution in [3.8, 4) is 11.8 Å². The molecule has 0 atom stereocenters. The largest absolute Gasteiger partial charge is 0.439 e. The minimum Gasteiger partial charge on any atom is -0.310 e. The molecule has 128 valence electrons. The summed E-state index contributed by atoms with van der Waals surface area (Å²) in [4.78, 5) is 42.8. The number of hydroxylamine groups is 2.